The van der Waals surface area contributed by atoms with Crippen molar-refractivity contribution in [3.8, 4) is 0 Å². The topological polar surface area (TPSA) is 59.8 Å². The first-order valence-corrected chi connectivity index (χ1v) is 8.53. The summed E-state index contributed by atoms with van der Waals surface area (Å²) in [5.41, 5.74) is 6.72. The van der Waals surface area contributed by atoms with E-state index in [0.29, 0.717) is 12.1 Å². The molecule has 2 aromatic heterocycles. The van der Waals surface area contributed by atoms with Gasteiger partial charge in [0.05, 0.1) is 22.5 Å². The third-order valence-electron chi connectivity index (χ3n) is 4.88. The van der Waals surface area contributed by atoms with Gasteiger partial charge in [0.1, 0.15) is 0 Å². The van der Waals surface area contributed by atoms with Gasteiger partial charge in [-0.2, -0.15) is 5.10 Å². The van der Waals surface area contributed by atoms with Crippen LogP contribution in [0.2, 0.25) is 0 Å². The van der Waals surface area contributed by atoms with E-state index < -0.39 is 0 Å². The van der Waals surface area contributed by atoms with Gasteiger partial charge < -0.3 is 5.32 Å². The number of nitrogens with zero attached hydrogens (tertiary/aromatic N) is 3. The largest absolute Gasteiger partial charge is 0.352 e. The molecule has 0 radical (unpaired) electrons. The van der Waals surface area contributed by atoms with Crippen LogP contribution in [0.15, 0.2) is 24.3 Å². The first kappa shape index (κ1) is 17.1. The Morgan fingerprint density at radius 1 is 1.12 bits per heavy atom. The number of hydrogen-bond donors (Lipinski definition) is 1. The maximum absolute atomic E-state index is 12.7. The Balaban J connectivity index is 1.79. The summed E-state index contributed by atoms with van der Waals surface area (Å²) in [5, 5.41) is 8.49. The molecule has 1 amide bonds. The van der Waals surface area contributed by atoms with Crippen molar-refractivity contribution in [1.82, 2.24) is 20.1 Å². The van der Waals surface area contributed by atoms with E-state index in [4.69, 9.17) is 0 Å². The van der Waals surface area contributed by atoms with Gasteiger partial charge in [0.15, 0.2) is 0 Å². The van der Waals surface area contributed by atoms with E-state index in [0.717, 1.165) is 40.0 Å². The van der Waals surface area contributed by atoms with Crippen molar-refractivity contribution < 1.29 is 4.79 Å². The lowest BCUT2D eigenvalue weighted by atomic mass is 10.0. The number of pyridine rings is 1. The Morgan fingerprint density at radius 3 is 2.52 bits per heavy atom. The maximum atomic E-state index is 12.7. The summed E-state index contributed by atoms with van der Waals surface area (Å²) >= 11 is 0. The molecule has 1 N–H and O–H groups in total. The van der Waals surface area contributed by atoms with Crippen LogP contribution in [-0.2, 0) is 13.5 Å². The SMILES string of the molecule is Cc1nn(C)c(C)c1CCNC(=O)c1c(C)nc2ccccc2c1C. The Kier molecular flexibility index (Phi) is 4.57. The van der Waals surface area contributed by atoms with E-state index in [9.17, 15) is 4.79 Å². The summed E-state index contributed by atoms with van der Waals surface area (Å²) in [4.78, 5) is 17.3. The zero-order valence-corrected chi connectivity index (χ0v) is 15.5. The number of carbonyl (C=O) groups excluding carboxylic acids is 1. The van der Waals surface area contributed by atoms with Gasteiger partial charge in [-0.1, -0.05) is 18.2 Å². The molecule has 0 aliphatic heterocycles. The van der Waals surface area contributed by atoms with Crippen molar-refractivity contribution in [1.29, 1.82) is 0 Å². The third kappa shape index (κ3) is 3.14. The summed E-state index contributed by atoms with van der Waals surface area (Å²) in [6, 6.07) is 7.93. The van der Waals surface area contributed by atoms with Gasteiger partial charge in [0.2, 0.25) is 0 Å². The Labute approximate surface area is 148 Å². The molecule has 0 aliphatic rings. The van der Waals surface area contributed by atoms with E-state index in [1.165, 1.54) is 5.56 Å². The molecule has 25 heavy (non-hydrogen) atoms. The molecule has 3 rings (SSSR count). The monoisotopic (exact) mass is 336 g/mol. The number of nitrogens with one attached hydrogen (secondary N) is 1. The Hall–Kier alpha value is -2.69. The summed E-state index contributed by atoms with van der Waals surface area (Å²) < 4.78 is 1.88. The standard InChI is InChI=1S/C20H24N4O/c1-12-16-8-6-7-9-18(16)22-14(3)19(12)20(25)21-11-10-17-13(2)23-24(5)15(17)4/h6-9H,10-11H2,1-5H3,(H,21,25). The van der Waals surface area contributed by atoms with Crippen molar-refractivity contribution in [3.05, 3.63) is 58.0 Å². The fourth-order valence-electron chi connectivity index (χ4n) is 3.43. The molecular weight excluding hydrogens is 312 g/mol. The average molecular weight is 336 g/mol. The van der Waals surface area contributed by atoms with Crippen LogP contribution < -0.4 is 5.32 Å². The predicted molar refractivity (Wildman–Crippen MR) is 99.9 cm³/mol. The van der Waals surface area contributed by atoms with Crippen LogP contribution in [0.3, 0.4) is 0 Å². The minimum atomic E-state index is -0.0625. The van der Waals surface area contributed by atoms with Crippen molar-refractivity contribution in [3.63, 3.8) is 0 Å². The quantitative estimate of drug-likeness (QED) is 0.796. The number of hydrogen-bond acceptors (Lipinski definition) is 3. The summed E-state index contributed by atoms with van der Waals surface area (Å²) in [6.45, 7) is 8.52. The number of aryl methyl sites for hydroxylation is 4. The average Bonchev–Trinajstić information content (AvgIpc) is 2.81. The van der Waals surface area contributed by atoms with E-state index in [-0.39, 0.29) is 5.91 Å². The highest BCUT2D eigenvalue weighted by Gasteiger charge is 2.16. The van der Waals surface area contributed by atoms with Gasteiger partial charge in [-0.05, 0) is 51.3 Å². The Morgan fingerprint density at radius 2 is 1.84 bits per heavy atom. The maximum Gasteiger partial charge on any atom is 0.253 e. The van der Waals surface area contributed by atoms with Crippen molar-refractivity contribution in [2.45, 2.75) is 34.1 Å². The molecule has 5 nitrogen and oxygen atoms in total. The van der Waals surface area contributed by atoms with Crippen LogP contribution in [0, 0.1) is 27.7 Å². The number of rotatable bonds is 4. The summed E-state index contributed by atoms with van der Waals surface area (Å²) in [6.07, 6.45) is 0.774. The molecule has 0 bridgehead atoms. The second-order valence-electron chi connectivity index (χ2n) is 6.49. The van der Waals surface area contributed by atoms with Crippen LogP contribution in [-0.4, -0.2) is 27.2 Å². The van der Waals surface area contributed by atoms with Gasteiger partial charge in [-0.3, -0.25) is 14.5 Å². The zero-order valence-electron chi connectivity index (χ0n) is 15.5. The molecule has 0 saturated heterocycles. The number of amides is 1. The molecule has 0 spiro atoms. The molecule has 3 aromatic rings. The molecule has 5 heteroatoms. The van der Waals surface area contributed by atoms with Crippen molar-refractivity contribution in [2.75, 3.05) is 6.54 Å². The Bertz CT molecular complexity index is 956. The first-order chi connectivity index (χ1) is 11.9. The van der Waals surface area contributed by atoms with Crippen LogP contribution in [0.4, 0.5) is 0 Å². The van der Waals surface area contributed by atoms with Gasteiger partial charge in [0, 0.05) is 24.7 Å². The van der Waals surface area contributed by atoms with E-state index in [1.807, 2.05) is 56.8 Å². The normalized spacial score (nSPS) is 11.1. The lowest BCUT2D eigenvalue weighted by molar-refractivity contribution is 0.0952. The number of carbonyl (C=O) groups is 1. The minimum absolute atomic E-state index is 0.0625. The summed E-state index contributed by atoms with van der Waals surface area (Å²) in [7, 11) is 1.94. The van der Waals surface area contributed by atoms with E-state index >= 15 is 0 Å². The third-order valence-corrected chi connectivity index (χ3v) is 4.88. The van der Waals surface area contributed by atoms with Crippen molar-refractivity contribution >= 4 is 16.8 Å². The fourth-order valence-corrected chi connectivity index (χ4v) is 3.43. The van der Waals surface area contributed by atoms with Gasteiger partial charge in [-0.15, -0.1) is 0 Å². The fraction of sp³-hybridized carbons (Fsp3) is 0.350. The molecule has 0 fully saturated rings. The van der Waals surface area contributed by atoms with Crippen molar-refractivity contribution in [2.24, 2.45) is 7.05 Å². The number of benzene rings is 1. The minimum Gasteiger partial charge on any atom is -0.352 e. The zero-order chi connectivity index (χ0) is 18.1. The van der Waals surface area contributed by atoms with Crippen LogP contribution in [0.1, 0.15) is 38.6 Å². The van der Waals surface area contributed by atoms with Gasteiger partial charge >= 0.3 is 0 Å². The second-order valence-corrected chi connectivity index (χ2v) is 6.49. The molecule has 130 valence electrons. The molecule has 0 atom stereocenters. The highest BCUT2D eigenvalue weighted by molar-refractivity contribution is 6.01. The first-order valence-electron chi connectivity index (χ1n) is 8.53. The predicted octanol–water partition coefficient (Wildman–Crippen LogP) is 3.17. The molecule has 0 unspecified atom stereocenters. The van der Waals surface area contributed by atoms with E-state index in [1.54, 1.807) is 0 Å². The van der Waals surface area contributed by atoms with Crippen LogP contribution in [0.25, 0.3) is 10.9 Å². The molecular formula is C20H24N4O. The molecule has 0 saturated carbocycles. The lowest BCUT2D eigenvalue weighted by Gasteiger charge is -2.13. The van der Waals surface area contributed by atoms with Crippen LogP contribution in [0.5, 0.6) is 0 Å². The summed E-state index contributed by atoms with van der Waals surface area (Å²) in [5.74, 6) is -0.0625. The van der Waals surface area contributed by atoms with Crippen LogP contribution >= 0.6 is 0 Å². The number of aromatic nitrogens is 3. The number of para-hydroxylation sites is 1. The second kappa shape index (κ2) is 6.67. The lowest BCUT2D eigenvalue weighted by Crippen LogP contribution is -2.27. The van der Waals surface area contributed by atoms with Gasteiger partial charge in [0.25, 0.3) is 5.91 Å². The highest BCUT2D eigenvalue weighted by atomic mass is 16.1. The van der Waals surface area contributed by atoms with E-state index in [2.05, 4.69) is 22.3 Å². The number of fused-ring (bicyclic) bond motifs is 1. The highest BCUT2D eigenvalue weighted by Crippen LogP contribution is 2.22. The molecule has 1 aromatic carbocycles. The van der Waals surface area contributed by atoms with Gasteiger partial charge in [-0.25, -0.2) is 0 Å². The molecule has 2 heterocycles. The molecule has 0 aliphatic carbocycles. The smallest absolute Gasteiger partial charge is 0.253 e.